The molecule has 0 atom stereocenters. The predicted molar refractivity (Wildman–Crippen MR) is 118 cm³/mol. The summed E-state index contributed by atoms with van der Waals surface area (Å²) in [5.74, 6) is 0.0501. The van der Waals surface area contributed by atoms with Crippen molar-refractivity contribution in [2.75, 3.05) is 31.6 Å². The van der Waals surface area contributed by atoms with Crippen molar-refractivity contribution in [3.63, 3.8) is 0 Å². The summed E-state index contributed by atoms with van der Waals surface area (Å²) in [6.45, 7) is 3.81. The molecule has 1 aromatic carbocycles. The lowest BCUT2D eigenvalue weighted by atomic mass is 9.90. The quantitative estimate of drug-likeness (QED) is 0.645. The van der Waals surface area contributed by atoms with Crippen molar-refractivity contribution in [1.29, 1.82) is 0 Å². The molecule has 8 heteroatoms. The maximum absolute atomic E-state index is 11.1. The van der Waals surface area contributed by atoms with E-state index >= 15 is 0 Å². The molecule has 1 aliphatic heterocycles. The van der Waals surface area contributed by atoms with Crippen molar-refractivity contribution >= 4 is 43.4 Å². The van der Waals surface area contributed by atoms with E-state index in [1.54, 1.807) is 17.7 Å². The summed E-state index contributed by atoms with van der Waals surface area (Å²) in [6.07, 6.45) is 6.28. The second-order valence-electron chi connectivity index (χ2n) is 8.20. The zero-order chi connectivity index (χ0) is 20.5. The summed E-state index contributed by atoms with van der Waals surface area (Å²) in [5, 5.41) is 14.9. The minimum absolute atomic E-state index is 0.0231. The van der Waals surface area contributed by atoms with E-state index in [1.165, 1.54) is 12.8 Å². The van der Waals surface area contributed by atoms with Crippen LogP contribution in [0.3, 0.4) is 0 Å². The minimum Gasteiger partial charge on any atom is -0.481 e. The van der Waals surface area contributed by atoms with Crippen LogP contribution in [0.15, 0.2) is 24.5 Å². The molecule has 2 fully saturated rings. The van der Waals surface area contributed by atoms with Gasteiger partial charge in [-0.3, -0.25) is 9.69 Å². The van der Waals surface area contributed by atoms with Crippen molar-refractivity contribution in [3.8, 4) is 0 Å². The third-order valence-electron chi connectivity index (χ3n) is 6.29. The normalized spacial score (nSPS) is 23.1. The molecule has 3 heterocycles. The van der Waals surface area contributed by atoms with E-state index in [0.717, 1.165) is 70.8 Å². The molecule has 0 unspecified atom stereocenters. The topological polar surface area (TPSA) is 87.6 Å². The molecule has 7 nitrogen and oxygen atoms in total. The van der Waals surface area contributed by atoms with E-state index in [-0.39, 0.29) is 6.42 Å². The van der Waals surface area contributed by atoms with Gasteiger partial charge in [0.05, 0.1) is 25.0 Å². The second-order valence-corrected chi connectivity index (χ2v) is 9.23. The Hall–Kier alpha value is -2.29. The molecule has 0 bridgehead atoms. The Morgan fingerprint density at radius 2 is 2.00 bits per heavy atom. The van der Waals surface area contributed by atoms with Gasteiger partial charge in [0.2, 0.25) is 0 Å². The largest absolute Gasteiger partial charge is 0.481 e. The average Bonchev–Trinajstić information content (AvgIpc) is 3.13. The number of hydrogen-bond acceptors (Lipinski definition) is 7. The van der Waals surface area contributed by atoms with Gasteiger partial charge < -0.3 is 15.2 Å². The number of rotatable bonds is 5. The van der Waals surface area contributed by atoms with Crippen molar-refractivity contribution in [2.24, 2.45) is 0 Å². The van der Waals surface area contributed by atoms with Gasteiger partial charge in [-0.25, -0.2) is 9.97 Å². The van der Waals surface area contributed by atoms with Crippen LogP contribution in [0.5, 0.6) is 0 Å². The highest BCUT2D eigenvalue weighted by Gasteiger charge is 2.27. The molecule has 5 rings (SSSR count). The van der Waals surface area contributed by atoms with Crippen LogP contribution in [-0.2, 0) is 16.0 Å². The summed E-state index contributed by atoms with van der Waals surface area (Å²) in [5.41, 5.74) is 0.801. The summed E-state index contributed by atoms with van der Waals surface area (Å²) in [4.78, 5) is 23.7. The van der Waals surface area contributed by atoms with E-state index in [9.17, 15) is 4.79 Å². The summed E-state index contributed by atoms with van der Waals surface area (Å²) < 4.78 is 6.60. The number of benzene rings is 1. The van der Waals surface area contributed by atoms with E-state index < -0.39 is 5.97 Å². The van der Waals surface area contributed by atoms with Gasteiger partial charge in [-0.1, -0.05) is 6.07 Å². The predicted octanol–water partition coefficient (Wildman–Crippen LogP) is 3.53. The van der Waals surface area contributed by atoms with Gasteiger partial charge in [0, 0.05) is 35.3 Å². The average molecular weight is 427 g/mol. The molecule has 2 N–H and O–H groups in total. The van der Waals surface area contributed by atoms with Crippen LogP contribution in [-0.4, -0.2) is 64.3 Å². The number of carboxylic acid groups (broad SMARTS) is 1. The summed E-state index contributed by atoms with van der Waals surface area (Å²) in [7, 11) is 0. The first-order valence-corrected chi connectivity index (χ1v) is 11.5. The highest BCUT2D eigenvalue weighted by atomic mass is 32.1. The number of ether oxygens (including phenoxy) is 1. The highest BCUT2D eigenvalue weighted by molar-refractivity contribution is 7.25. The highest BCUT2D eigenvalue weighted by Crippen LogP contribution is 2.37. The zero-order valence-corrected chi connectivity index (χ0v) is 17.7. The Balaban J connectivity index is 1.36. The lowest BCUT2D eigenvalue weighted by molar-refractivity contribution is -0.136. The lowest BCUT2D eigenvalue weighted by Gasteiger charge is -2.39. The van der Waals surface area contributed by atoms with Gasteiger partial charge >= 0.3 is 5.97 Å². The van der Waals surface area contributed by atoms with Crippen molar-refractivity contribution < 1.29 is 14.6 Å². The fourth-order valence-electron chi connectivity index (χ4n) is 4.77. The standard InChI is InChI=1S/C22H26N4O3S/c27-19(28)12-14-1-6-18-17(11-14)20-21(23-13-24-22(20)30-18)25-15-2-4-16(5-3-15)26-7-9-29-10-8-26/h1,6,11,13,15-16H,2-5,7-10,12H2,(H,27,28)(H,23,24,25). The number of hydrogen-bond donors (Lipinski definition) is 2. The summed E-state index contributed by atoms with van der Waals surface area (Å²) in [6, 6.07) is 6.93. The van der Waals surface area contributed by atoms with Crippen LogP contribution in [0, 0.1) is 0 Å². The second kappa shape index (κ2) is 8.45. The number of carbonyl (C=O) groups is 1. The number of nitrogens with zero attached hydrogens (tertiary/aromatic N) is 3. The number of thiophene rings is 1. The number of anilines is 1. The van der Waals surface area contributed by atoms with Crippen LogP contribution in [0.1, 0.15) is 31.2 Å². The SMILES string of the molecule is O=C(O)Cc1ccc2sc3ncnc(NC4CCC(N5CCOCC5)CC4)c3c2c1. The van der Waals surface area contributed by atoms with Gasteiger partial charge in [0.25, 0.3) is 0 Å². The molecule has 0 radical (unpaired) electrons. The maximum Gasteiger partial charge on any atom is 0.307 e. The van der Waals surface area contributed by atoms with Crippen molar-refractivity contribution in [1.82, 2.24) is 14.9 Å². The monoisotopic (exact) mass is 426 g/mol. The number of fused-ring (bicyclic) bond motifs is 3. The first-order valence-electron chi connectivity index (χ1n) is 10.6. The molecule has 3 aromatic rings. The molecule has 1 aliphatic carbocycles. The lowest BCUT2D eigenvalue weighted by Crippen LogP contribution is -2.46. The fourth-order valence-corrected chi connectivity index (χ4v) is 5.79. The Kier molecular flexibility index (Phi) is 5.54. The zero-order valence-electron chi connectivity index (χ0n) is 16.8. The van der Waals surface area contributed by atoms with Crippen LogP contribution in [0.2, 0.25) is 0 Å². The molecule has 2 aliphatic rings. The van der Waals surface area contributed by atoms with E-state index in [4.69, 9.17) is 9.84 Å². The number of aromatic nitrogens is 2. The third kappa shape index (κ3) is 3.99. The number of morpholine rings is 1. The molecule has 0 amide bonds. The first-order chi connectivity index (χ1) is 14.7. The molecule has 0 spiro atoms. The van der Waals surface area contributed by atoms with E-state index in [2.05, 4.69) is 20.2 Å². The van der Waals surface area contributed by atoms with E-state index in [1.807, 2.05) is 18.2 Å². The minimum atomic E-state index is -0.819. The van der Waals surface area contributed by atoms with Crippen LogP contribution in [0.4, 0.5) is 5.82 Å². The number of nitrogens with one attached hydrogen (secondary N) is 1. The number of carboxylic acids is 1. The van der Waals surface area contributed by atoms with Crippen molar-refractivity contribution in [2.45, 2.75) is 44.2 Å². The molecular formula is C22H26N4O3S. The Morgan fingerprint density at radius 3 is 2.77 bits per heavy atom. The molecule has 2 aromatic heterocycles. The Bertz CT molecular complexity index is 1060. The van der Waals surface area contributed by atoms with Gasteiger partial charge in [0.15, 0.2) is 0 Å². The van der Waals surface area contributed by atoms with Gasteiger partial charge in [-0.2, -0.15) is 0 Å². The van der Waals surface area contributed by atoms with Crippen LogP contribution < -0.4 is 5.32 Å². The van der Waals surface area contributed by atoms with E-state index in [0.29, 0.717) is 12.1 Å². The van der Waals surface area contributed by atoms with Gasteiger partial charge in [-0.05, 0) is 43.4 Å². The maximum atomic E-state index is 11.1. The van der Waals surface area contributed by atoms with Gasteiger partial charge in [-0.15, -0.1) is 11.3 Å². The molecular weight excluding hydrogens is 400 g/mol. The fraction of sp³-hybridized carbons (Fsp3) is 0.500. The van der Waals surface area contributed by atoms with Crippen LogP contribution >= 0.6 is 11.3 Å². The third-order valence-corrected chi connectivity index (χ3v) is 7.37. The van der Waals surface area contributed by atoms with Crippen molar-refractivity contribution in [3.05, 3.63) is 30.1 Å². The summed E-state index contributed by atoms with van der Waals surface area (Å²) >= 11 is 1.63. The smallest absolute Gasteiger partial charge is 0.307 e. The Labute approximate surface area is 179 Å². The van der Waals surface area contributed by atoms with Gasteiger partial charge in [0.1, 0.15) is 17.0 Å². The van der Waals surface area contributed by atoms with Crippen LogP contribution in [0.25, 0.3) is 20.3 Å². The molecule has 30 heavy (non-hydrogen) atoms. The number of aliphatic carboxylic acids is 1. The Morgan fingerprint density at radius 1 is 1.20 bits per heavy atom. The molecule has 1 saturated heterocycles. The molecule has 158 valence electrons. The molecule has 1 saturated carbocycles. The first kappa shape index (κ1) is 19.7.